The molecular weight excluding hydrogens is 284 g/mol. The van der Waals surface area contributed by atoms with E-state index in [9.17, 15) is 9.59 Å². The monoisotopic (exact) mass is 296 g/mol. The average Bonchev–Trinajstić information content (AvgIpc) is 2.98. The summed E-state index contributed by atoms with van der Waals surface area (Å²) in [6.45, 7) is 1.66. The minimum Gasteiger partial charge on any atom is -0.469 e. The van der Waals surface area contributed by atoms with Gasteiger partial charge < -0.3 is 4.42 Å². The summed E-state index contributed by atoms with van der Waals surface area (Å²) >= 11 is 0. The van der Waals surface area contributed by atoms with Crippen LogP contribution in [0.4, 0.5) is 0 Å². The molecule has 3 aromatic rings. The number of aryl methyl sites for hydroxylation is 1. The van der Waals surface area contributed by atoms with Gasteiger partial charge in [0.25, 0.3) is 11.8 Å². The van der Waals surface area contributed by atoms with Gasteiger partial charge in [-0.15, -0.1) is 0 Å². The Morgan fingerprint density at radius 2 is 1.77 bits per heavy atom. The Hall–Kier alpha value is -3.22. The topological polar surface area (TPSA) is 97.1 Å². The standard InChI is InChI=1S/C15H12N4O3/c1-9-10(6-7-22-9)14(20)18-19-15(21)13-8-16-11-4-2-3-5-12(11)17-13/h2-8H,1H3,(H,18,20)(H,19,21). The Kier molecular flexibility index (Phi) is 3.53. The summed E-state index contributed by atoms with van der Waals surface area (Å²) in [6.07, 6.45) is 2.76. The van der Waals surface area contributed by atoms with Crippen LogP contribution in [0.25, 0.3) is 11.0 Å². The lowest BCUT2D eigenvalue weighted by molar-refractivity contribution is 0.0843. The zero-order valence-corrected chi connectivity index (χ0v) is 11.7. The number of aromatic nitrogens is 2. The fourth-order valence-electron chi connectivity index (χ4n) is 1.93. The highest BCUT2D eigenvalue weighted by molar-refractivity contribution is 5.99. The minimum atomic E-state index is -0.548. The summed E-state index contributed by atoms with van der Waals surface area (Å²) in [5.41, 5.74) is 6.36. The van der Waals surface area contributed by atoms with E-state index < -0.39 is 11.8 Å². The summed E-state index contributed by atoms with van der Waals surface area (Å²) in [4.78, 5) is 32.2. The normalized spacial score (nSPS) is 10.4. The van der Waals surface area contributed by atoms with E-state index in [4.69, 9.17) is 4.42 Å². The van der Waals surface area contributed by atoms with Crippen LogP contribution in [0.15, 0.2) is 47.2 Å². The van der Waals surface area contributed by atoms with Crippen molar-refractivity contribution in [2.24, 2.45) is 0 Å². The molecule has 3 rings (SSSR count). The molecule has 2 amide bonds. The summed E-state index contributed by atoms with van der Waals surface area (Å²) in [7, 11) is 0. The molecule has 7 heteroatoms. The Bertz CT molecular complexity index is 857. The average molecular weight is 296 g/mol. The lowest BCUT2D eigenvalue weighted by Crippen LogP contribution is -2.42. The van der Waals surface area contributed by atoms with E-state index in [2.05, 4.69) is 20.8 Å². The Labute approximate surface area is 125 Å². The smallest absolute Gasteiger partial charge is 0.289 e. The van der Waals surface area contributed by atoms with Crippen LogP contribution in [0.1, 0.15) is 26.6 Å². The fourth-order valence-corrected chi connectivity index (χ4v) is 1.93. The Morgan fingerprint density at radius 1 is 1.05 bits per heavy atom. The zero-order valence-electron chi connectivity index (χ0n) is 11.7. The van der Waals surface area contributed by atoms with Crippen molar-refractivity contribution in [3.05, 3.63) is 59.8 Å². The lowest BCUT2D eigenvalue weighted by atomic mass is 10.2. The molecule has 0 unspecified atom stereocenters. The first-order valence-electron chi connectivity index (χ1n) is 6.52. The number of benzene rings is 1. The second-order valence-electron chi connectivity index (χ2n) is 4.54. The van der Waals surface area contributed by atoms with E-state index in [-0.39, 0.29) is 5.69 Å². The van der Waals surface area contributed by atoms with Gasteiger partial charge in [0.15, 0.2) is 0 Å². The van der Waals surface area contributed by atoms with Gasteiger partial charge in [-0.05, 0) is 25.1 Å². The number of amides is 2. The third-order valence-electron chi connectivity index (χ3n) is 3.07. The van der Waals surface area contributed by atoms with E-state index in [0.717, 1.165) is 0 Å². The maximum Gasteiger partial charge on any atom is 0.289 e. The van der Waals surface area contributed by atoms with Crippen molar-refractivity contribution in [2.75, 3.05) is 0 Å². The molecule has 0 bridgehead atoms. The molecule has 2 aromatic heterocycles. The number of para-hydroxylation sites is 2. The number of nitrogens with zero attached hydrogens (tertiary/aromatic N) is 2. The predicted octanol–water partition coefficient (Wildman–Crippen LogP) is 1.61. The van der Waals surface area contributed by atoms with Gasteiger partial charge >= 0.3 is 0 Å². The van der Waals surface area contributed by atoms with Gasteiger partial charge in [-0.2, -0.15) is 0 Å². The van der Waals surface area contributed by atoms with Crippen molar-refractivity contribution in [1.82, 2.24) is 20.8 Å². The van der Waals surface area contributed by atoms with Crippen LogP contribution in [0.2, 0.25) is 0 Å². The number of carbonyl (C=O) groups is 2. The van der Waals surface area contributed by atoms with Crippen molar-refractivity contribution < 1.29 is 14.0 Å². The van der Waals surface area contributed by atoms with Crippen molar-refractivity contribution >= 4 is 22.8 Å². The molecule has 1 aromatic carbocycles. The van der Waals surface area contributed by atoms with Crippen molar-refractivity contribution in [3.8, 4) is 0 Å². The SMILES string of the molecule is Cc1occc1C(=O)NNC(=O)c1cnc2ccccc2n1. The van der Waals surface area contributed by atoms with Crippen LogP contribution in [-0.2, 0) is 0 Å². The predicted molar refractivity (Wildman–Crippen MR) is 77.9 cm³/mol. The molecule has 0 aliphatic carbocycles. The van der Waals surface area contributed by atoms with E-state index in [1.807, 2.05) is 12.1 Å². The maximum absolute atomic E-state index is 12.0. The van der Waals surface area contributed by atoms with E-state index >= 15 is 0 Å². The molecule has 0 aliphatic rings. The van der Waals surface area contributed by atoms with E-state index in [1.54, 1.807) is 19.1 Å². The van der Waals surface area contributed by atoms with Gasteiger partial charge in [0, 0.05) is 0 Å². The van der Waals surface area contributed by atoms with Crippen molar-refractivity contribution in [2.45, 2.75) is 6.92 Å². The number of hydrogen-bond acceptors (Lipinski definition) is 5. The Morgan fingerprint density at radius 3 is 2.50 bits per heavy atom. The zero-order chi connectivity index (χ0) is 15.5. The van der Waals surface area contributed by atoms with Gasteiger partial charge in [-0.1, -0.05) is 12.1 Å². The van der Waals surface area contributed by atoms with Crippen LogP contribution in [-0.4, -0.2) is 21.8 Å². The molecule has 2 heterocycles. The van der Waals surface area contributed by atoms with Gasteiger partial charge in [0.1, 0.15) is 11.5 Å². The molecule has 0 atom stereocenters. The fraction of sp³-hybridized carbons (Fsp3) is 0.0667. The number of fused-ring (bicyclic) bond motifs is 1. The van der Waals surface area contributed by atoms with Gasteiger partial charge in [-0.3, -0.25) is 25.4 Å². The van der Waals surface area contributed by atoms with Crippen molar-refractivity contribution in [1.29, 1.82) is 0 Å². The van der Waals surface area contributed by atoms with E-state index in [0.29, 0.717) is 22.4 Å². The van der Waals surface area contributed by atoms with Crippen LogP contribution in [0.3, 0.4) is 0 Å². The highest BCUT2D eigenvalue weighted by Gasteiger charge is 2.14. The molecule has 2 N–H and O–H groups in total. The van der Waals surface area contributed by atoms with Crippen molar-refractivity contribution in [3.63, 3.8) is 0 Å². The number of hydrogen-bond donors (Lipinski definition) is 2. The van der Waals surface area contributed by atoms with Crippen LogP contribution < -0.4 is 10.9 Å². The Balaban J connectivity index is 1.71. The third-order valence-corrected chi connectivity index (χ3v) is 3.07. The molecule has 0 saturated heterocycles. The summed E-state index contributed by atoms with van der Waals surface area (Å²) in [5, 5.41) is 0. The second-order valence-corrected chi connectivity index (χ2v) is 4.54. The first-order valence-corrected chi connectivity index (χ1v) is 6.52. The maximum atomic E-state index is 12.0. The largest absolute Gasteiger partial charge is 0.469 e. The third kappa shape index (κ3) is 2.64. The highest BCUT2D eigenvalue weighted by Crippen LogP contribution is 2.09. The van der Waals surface area contributed by atoms with Crippen LogP contribution in [0.5, 0.6) is 0 Å². The number of furan rings is 1. The molecule has 0 radical (unpaired) electrons. The summed E-state index contributed by atoms with van der Waals surface area (Å²) < 4.78 is 5.03. The number of hydrazine groups is 1. The van der Waals surface area contributed by atoms with Crippen LogP contribution in [0, 0.1) is 6.92 Å². The quantitative estimate of drug-likeness (QED) is 0.700. The minimum absolute atomic E-state index is 0.114. The highest BCUT2D eigenvalue weighted by atomic mass is 16.3. The van der Waals surface area contributed by atoms with Gasteiger partial charge in [0.2, 0.25) is 0 Å². The molecule has 0 aliphatic heterocycles. The first-order chi connectivity index (χ1) is 10.6. The summed E-state index contributed by atoms with van der Waals surface area (Å²) in [6, 6.07) is 8.72. The summed E-state index contributed by atoms with van der Waals surface area (Å²) in [5.74, 6) is -0.543. The molecule has 0 saturated carbocycles. The molecule has 7 nitrogen and oxygen atoms in total. The van der Waals surface area contributed by atoms with E-state index in [1.165, 1.54) is 18.5 Å². The number of nitrogens with one attached hydrogen (secondary N) is 2. The molecular formula is C15H12N4O3. The molecule has 0 spiro atoms. The molecule has 22 heavy (non-hydrogen) atoms. The number of rotatable bonds is 2. The second kappa shape index (κ2) is 5.65. The molecule has 110 valence electrons. The molecule has 0 fully saturated rings. The van der Waals surface area contributed by atoms with Gasteiger partial charge in [-0.25, -0.2) is 4.98 Å². The lowest BCUT2D eigenvalue weighted by Gasteiger charge is -2.06. The van der Waals surface area contributed by atoms with Crippen LogP contribution >= 0.6 is 0 Å². The first kappa shape index (κ1) is 13.7. The number of carbonyl (C=O) groups excluding carboxylic acids is 2. The van der Waals surface area contributed by atoms with Gasteiger partial charge in [0.05, 0.1) is 29.1 Å².